The van der Waals surface area contributed by atoms with Crippen molar-refractivity contribution in [2.45, 2.75) is 19.9 Å². The van der Waals surface area contributed by atoms with E-state index >= 15 is 0 Å². The number of benzene rings is 1. The van der Waals surface area contributed by atoms with Crippen molar-refractivity contribution in [3.63, 3.8) is 0 Å². The minimum Gasteiger partial charge on any atom is -0.494 e. The summed E-state index contributed by atoms with van der Waals surface area (Å²) in [6, 6.07) is 7.75. The maximum absolute atomic E-state index is 11.3. The normalized spacial score (nSPS) is 9.88. The molecule has 0 aromatic heterocycles. The summed E-state index contributed by atoms with van der Waals surface area (Å²) in [6.45, 7) is 3.15. The van der Waals surface area contributed by atoms with Gasteiger partial charge in [0.15, 0.2) is 0 Å². The Bertz CT molecular complexity index is 342. The predicted octanol–water partition coefficient (Wildman–Crippen LogP) is 2.49. The molecule has 1 N–H and O–H groups in total. The fourth-order valence-electron chi connectivity index (χ4n) is 1.29. The summed E-state index contributed by atoms with van der Waals surface area (Å²) < 4.78 is 5.38. The van der Waals surface area contributed by atoms with Gasteiger partial charge in [-0.2, -0.15) is 0 Å². The molecule has 16 heavy (non-hydrogen) atoms. The number of carbonyl (C=O) groups is 1. The van der Waals surface area contributed by atoms with Gasteiger partial charge in [-0.1, -0.05) is 28.1 Å². The van der Waals surface area contributed by atoms with Crippen LogP contribution in [0.25, 0.3) is 0 Å². The summed E-state index contributed by atoms with van der Waals surface area (Å²) in [7, 11) is 0. The Hall–Kier alpha value is -1.03. The lowest BCUT2D eigenvalue weighted by molar-refractivity contribution is -0.120. The standard InChI is InChI=1S/C12H16BrNO2/c1-2-16-11-5-3-4-10(8-11)9-14-12(15)6-7-13/h3-5,8H,2,6-7,9H2,1H3,(H,14,15). The largest absolute Gasteiger partial charge is 0.494 e. The highest BCUT2D eigenvalue weighted by Gasteiger charge is 2.00. The number of halogens is 1. The molecular formula is C12H16BrNO2. The topological polar surface area (TPSA) is 38.3 Å². The Morgan fingerprint density at radius 3 is 3.00 bits per heavy atom. The lowest BCUT2D eigenvalue weighted by Crippen LogP contribution is -2.22. The molecule has 1 amide bonds. The zero-order valence-corrected chi connectivity index (χ0v) is 10.9. The molecule has 1 rings (SSSR count). The van der Waals surface area contributed by atoms with Crippen LogP contribution in [0.15, 0.2) is 24.3 Å². The van der Waals surface area contributed by atoms with Gasteiger partial charge in [0.2, 0.25) is 5.91 Å². The molecule has 0 heterocycles. The number of amides is 1. The average molecular weight is 286 g/mol. The van der Waals surface area contributed by atoms with Gasteiger partial charge in [-0.3, -0.25) is 4.79 Å². The molecule has 0 aliphatic heterocycles. The van der Waals surface area contributed by atoms with Gasteiger partial charge < -0.3 is 10.1 Å². The first-order chi connectivity index (χ1) is 7.76. The second-order valence-electron chi connectivity index (χ2n) is 3.30. The third-order valence-electron chi connectivity index (χ3n) is 2.02. The number of hydrogen-bond acceptors (Lipinski definition) is 2. The molecule has 0 radical (unpaired) electrons. The zero-order chi connectivity index (χ0) is 11.8. The number of rotatable bonds is 6. The van der Waals surface area contributed by atoms with Gasteiger partial charge in [0.25, 0.3) is 0 Å². The van der Waals surface area contributed by atoms with Gasteiger partial charge in [0.05, 0.1) is 6.61 Å². The van der Waals surface area contributed by atoms with E-state index in [4.69, 9.17) is 4.74 Å². The van der Waals surface area contributed by atoms with E-state index in [2.05, 4.69) is 21.2 Å². The summed E-state index contributed by atoms with van der Waals surface area (Å²) in [4.78, 5) is 11.3. The maximum Gasteiger partial charge on any atom is 0.221 e. The summed E-state index contributed by atoms with van der Waals surface area (Å²) in [5.74, 6) is 0.897. The Kier molecular flexibility index (Phi) is 5.93. The number of hydrogen-bond donors (Lipinski definition) is 1. The van der Waals surface area contributed by atoms with Crippen molar-refractivity contribution in [1.29, 1.82) is 0 Å². The van der Waals surface area contributed by atoms with Crippen LogP contribution in [0.4, 0.5) is 0 Å². The molecule has 0 aliphatic rings. The third kappa shape index (κ3) is 4.66. The first-order valence-corrected chi connectivity index (χ1v) is 6.42. The van der Waals surface area contributed by atoms with Crippen molar-refractivity contribution < 1.29 is 9.53 Å². The van der Waals surface area contributed by atoms with Gasteiger partial charge in [0, 0.05) is 18.3 Å². The molecule has 1 aromatic carbocycles. The van der Waals surface area contributed by atoms with E-state index < -0.39 is 0 Å². The molecule has 1 aromatic rings. The van der Waals surface area contributed by atoms with Crippen molar-refractivity contribution in [3.05, 3.63) is 29.8 Å². The number of nitrogens with one attached hydrogen (secondary N) is 1. The van der Waals surface area contributed by atoms with E-state index in [9.17, 15) is 4.79 Å². The van der Waals surface area contributed by atoms with Crippen molar-refractivity contribution >= 4 is 21.8 Å². The molecule has 0 spiro atoms. The fraction of sp³-hybridized carbons (Fsp3) is 0.417. The van der Waals surface area contributed by atoms with Gasteiger partial charge in [-0.25, -0.2) is 0 Å². The van der Waals surface area contributed by atoms with Crippen molar-refractivity contribution in [1.82, 2.24) is 5.32 Å². The van der Waals surface area contributed by atoms with E-state index in [0.29, 0.717) is 24.9 Å². The van der Waals surface area contributed by atoms with Crippen molar-refractivity contribution in [2.24, 2.45) is 0 Å². The van der Waals surface area contributed by atoms with Crippen LogP contribution in [-0.4, -0.2) is 17.8 Å². The van der Waals surface area contributed by atoms with Crippen LogP contribution in [-0.2, 0) is 11.3 Å². The van der Waals surface area contributed by atoms with Crippen LogP contribution >= 0.6 is 15.9 Å². The van der Waals surface area contributed by atoms with Crippen molar-refractivity contribution in [3.8, 4) is 5.75 Å². The van der Waals surface area contributed by atoms with Crippen LogP contribution < -0.4 is 10.1 Å². The predicted molar refractivity (Wildman–Crippen MR) is 67.9 cm³/mol. The molecular weight excluding hydrogens is 270 g/mol. The minimum atomic E-state index is 0.0543. The Morgan fingerprint density at radius 1 is 1.50 bits per heavy atom. The second-order valence-corrected chi connectivity index (χ2v) is 4.09. The Morgan fingerprint density at radius 2 is 2.31 bits per heavy atom. The molecule has 88 valence electrons. The first-order valence-electron chi connectivity index (χ1n) is 5.30. The van der Waals surface area contributed by atoms with Gasteiger partial charge in [0.1, 0.15) is 5.75 Å². The Balaban J connectivity index is 2.47. The number of alkyl halides is 1. The lowest BCUT2D eigenvalue weighted by atomic mass is 10.2. The number of carbonyl (C=O) groups excluding carboxylic acids is 1. The summed E-state index contributed by atoms with van der Waals surface area (Å²) in [6.07, 6.45) is 0.505. The monoisotopic (exact) mass is 285 g/mol. The maximum atomic E-state index is 11.3. The molecule has 0 saturated heterocycles. The van der Waals surface area contributed by atoms with Gasteiger partial charge in [-0.15, -0.1) is 0 Å². The average Bonchev–Trinajstić information content (AvgIpc) is 2.28. The SMILES string of the molecule is CCOc1cccc(CNC(=O)CCBr)c1. The van der Waals surface area contributed by atoms with Gasteiger partial charge >= 0.3 is 0 Å². The number of ether oxygens (including phenoxy) is 1. The Labute approximate surface area is 104 Å². The van der Waals surface area contributed by atoms with E-state index in [1.807, 2.05) is 31.2 Å². The summed E-state index contributed by atoms with van der Waals surface area (Å²) >= 11 is 3.23. The highest BCUT2D eigenvalue weighted by molar-refractivity contribution is 9.09. The molecule has 0 atom stereocenters. The van der Waals surface area contributed by atoms with Gasteiger partial charge in [-0.05, 0) is 24.6 Å². The van der Waals surface area contributed by atoms with Crippen LogP contribution in [0.5, 0.6) is 5.75 Å². The highest BCUT2D eigenvalue weighted by Crippen LogP contribution is 2.12. The lowest BCUT2D eigenvalue weighted by Gasteiger charge is -2.07. The first kappa shape index (κ1) is 13.0. The van der Waals surface area contributed by atoms with Crippen LogP contribution in [0.2, 0.25) is 0 Å². The third-order valence-corrected chi connectivity index (χ3v) is 2.42. The highest BCUT2D eigenvalue weighted by atomic mass is 79.9. The molecule has 0 fully saturated rings. The van der Waals surface area contributed by atoms with E-state index in [0.717, 1.165) is 11.3 Å². The fourth-order valence-corrected chi connectivity index (χ4v) is 1.65. The van der Waals surface area contributed by atoms with E-state index in [1.165, 1.54) is 0 Å². The molecule has 0 unspecified atom stereocenters. The smallest absolute Gasteiger partial charge is 0.221 e. The quantitative estimate of drug-likeness (QED) is 0.816. The van der Waals surface area contributed by atoms with Crippen LogP contribution in [0, 0.1) is 0 Å². The van der Waals surface area contributed by atoms with Crippen LogP contribution in [0.1, 0.15) is 18.9 Å². The van der Waals surface area contributed by atoms with E-state index in [-0.39, 0.29) is 5.91 Å². The zero-order valence-electron chi connectivity index (χ0n) is 9.33. The molecule has 0 bridgehead atoms. The molecule has 0 saturated carbocycles. The molecule has 0 aliphatic carbocycles. The van der Waals surface area contributed by atoms with Crippen molar-refractivity contribution in [2.75, 3.05) is 11.9 Å². The van der Waals surface area contributed by atoms with Crippen LogP contribution in [0.3, 0.4) is 0 Å². The summed E-state index contributed by atoms with van der Waals surface area (Å²) in [5.41, 5.74) is 1.05. The van der Waals surface area contributed by atoms with E-state index in [1.54, 1.807) is 0 Å². The molecule has 4 heteroatoms. The summed E-state index contributed by atoms with van der Waals surface area (Å²) in [5, 5.41) is 3.54. The molecule has 3 nitrogen and oxygen atoms in total. The minimum absolute atomic E-state index is 0.0543. The second kappa shape index (κ2) is 7.28.